The zero-order chi connectivity index (χ0) is 14.8. The summed E-state index contributed by atoms with van der Waals surface area (Å²) in [5, 5.41) is 0. The molecule has 1 aromatic carbocycles. The van der Waals surface area contributed by atoms with Crippen LogP contribution in [0.25, 0.3) is 0 Å². The molecule has 0 radical (unpaired) electrons. The zero-order valence-electron chi connectivity index (χ0n) is 12.3. The molecule has 1 N–H and O–H groups in total. The second kappa shape index (κ2) is 12.2. The van der Waals surface area contributed by atoms with Gasteiger partial charge in [0.2, 0.25) is 0 Å². The van der Waals surface area contributed by atoms with E-state index < -0.39 is 10.1 Å². The molecule has 0 aliphatic rings. The third-order valence-corrected chi connectivity index (χ3v) is 4.50. The molecule has 0 fully saturated rings. The van der Waals surface area contributed by atoms with Crippen LogP contribution < -0.4 is 0 Å². The summed E-state index contributed by atoms with van der Waals surface area (Å²) in [6.07, 6.45) is 10.5. The summed E-state index contributed by atoms with van der Waals surface area (Å²) >= 11 is 0. The van der Waals surface area contributed by atoms with Gasteiger partial charge in [0.15, 0.2) is 0 Å². The van der Waals surface area contributed by atoms with Gasteiger partial charge in [0.05, 0.1) is 4.90 Å². The predicted molar refractivity (Wildman–Crippen MR) is 89.7 cm³/mol. The second-order valence-electron chi connectivity index (χ2n) is 5.31. The van der Waals surface area contributed by atoms with Gasteiger partial charge >= 0.3 is 51.4 Å². The molecule has 0 aliphatic heterocycles. The maximum absolute atomic E-state index is 11.2. The Morgan fingerprint density at radius 2 is 1.43 bits per heavy atom. The van der Waals surface area contributed by atoms with Crippen molar-refractivity contribution in [2.75, 3.05) is 0 Å². The monoisotopic (exact) mass is 338 g/mol. The van der Waals surface area contributed by atoms with Crippen molar-refractivity contribution in [2.24, 2.45) is 0 Å². The number of rotatable bonds is 10. The van der Waals surface area contributed by atoms with Crippen LogP contribution in [-0.4, -0.2) is 64.4 Å². The first kappa shape index (κ1) is 21.8. The van der Waals surface area contributed by atoms with Crippen molar-refractivity contribution in [3.05, 3.63) is 29.8 Å². The standard InChI is InChI=1S/C16H26O3S.K.H/c1-2-3-4-5-6-7-8-9-12-15-13-10-11-14-16(15)20(17,18)19;;/h10-11,13-14H,2-9,12H2,1H3,(H,17,18,19);;. The molecule has 3 nitrogen and oxygen atoms in total. The molecule has 0 aliphatic carbocycles. The molecule has 1 aromatic rings. The van der Waals surface area contributed by atoms with Gasteiger partial charge in [0, 0.05) is 0 Å². The van der Waals surface area contributed by atoms with Crippen molar-refractivity contribution in [1.29, 1.82) is 0 Å². The fourth-order valence-corrected chi connectivity index (χ4v) is 3.16. The van der Waals surface area contributed by atoms with Crippen molar-refractivity contribution in [2.45, 2.75) is 69.6 Å². The van der Waals surface area contributed by atoms with Crippen LogP contribution in [0.2, 0.25) is 0 Å². The Morgan fingerprint density at radius 1 is 0.905 bits per heavy atom. The van der Waals surface area contributed by atoms with E-state index in [9.17, 15) is 8.42 Å². The number of unbranched alkanes of at least 4 members (excludes halogenated alkanes) is 7. The fourth-order valence-electron chi connectivity index (χ4n) is 2.41. The van der Waals surface area contributed by atoms with E-state index in [1.807, 2.05) is 6.07 Å². The zero-order valence-corrected chi connectivity index (χ0v) is 13.2. The van der Waals surface area contributed by atoms with Crippen LogP contribution >= 0.6 is 0 Å². The normalized spacial score (nSPS) is 11.1. The van der Waals surface area contributed by atoms with E-state index in [1.165, 1.54) is 44.6 Å². The topological polar surface area (TPSA) is 54.4 Å². The summed E-state index contributed by atoms with van der Waals surface area (Å²) < 4.78 is 31.7. The Hall–Kier alpha value is 0.766. The van der Waals surface area contributed by atoms with Crippen LogP contribution in [0.1, 0.15) is 63.9 Å². The van der Waals surface area contributed by atoms with E-state index in [1.54, 1.807) is 12.1 Å². The van der Waals surface area contributed by atoms with Crippen molar-refractivity contribution in [3.63, 3.8) is 0 Å². The van der Waals surface area contributed by atoms with Crippen LogP contribution in [-0.2, 0) is 16.5 Å². The van der Waals surface area contributed by atoms with Crippen LogP contribution in [0, 0.1) is 0 Å². The quantitative estimate of drug-likeness (QED) is 0.399. The van der Waals surface area contributed by atoms with Crippen molar-refractivity contribution < 1.29 is 13.0 Å². The van der Waals surface area contributed by atoms with Crippen LogP contribution in [0.4, 0.5) is 0 Å². The number of hydrogen-bond donors (Lipinski definition) is 1. The predicted octanol–water partition coefficient (Wildman–Crippen LogP) is 3.97. The molecule has 116 valence electrons. The average molecular weight is 339 g/mol. The van der Waals surface area contributed by atoms with Crippen molar-refractivity contribution >= 4 is 61.5 Å². The summed E-state index contributed by atoms with van der Waals surface area (Å²) in [7, 11) is -4.09. The van der Waals surface area contributed by atoms with E-state index in [0.29, 0.717) is 6.42 Å². The molecule has 0 heterocycles. The second-order valence-corrected chi connectivity index (χ2v) is 6.70. The van der Waals surface area contributed by atoms with Crippen LogP contribution in [0.5, 0.6) is 0 Å². The van der Waals surface area contributed by atoms with E-state index in [4.69, 9.17) is 4.55 Å². The average Bonchev–Trinajstić information content (AvgIpc) is 2.41. The molecule has 1 rings (SSSR count). The summed E-state index contributed by atoms with van der Waals surface area (Å²) in [5.41, 5.74) is 0.723. The molecule has 0 saturated carbocycles. The fraction of sp³-hybridized carbons (Fsp3) is 0.625. The van der Waals surface area contributed by atoms with Gasteiger partial charge in [-0.05, 0) is 24.5 Å². The first-order valence-electron chi connectivity index (χ1n) is 7.61. The van der Waals surface area contributed by atoms with E-state index in [2.05, 4.69) is 6.92 Å². The molecule has 5 heteroatoms. The van der Waals surface area contributed by atoms with Gasteiger partial charge < -0.3 is 0 Å². The summed E-state index contributed by atoms with van der Waals surface area (Å²) in [6, 6.07) is 6.70. The number of benzene rings is 1. The van der Waals surface area contributed by atoms with Gasteiger partial charge in [-0.15, -0.1) is 0 Å². The van der Waals surface area contributed by atoms with Gasteiger partial charge in [0.25, 0.3) is 10.1 Å². The molecule has 0 saturated heterocycles. The molecule has 21 heavy (non-hydrogen) atoms. The Morgan fingerprint density at radius 3 is 2.00 bits per heavy atom. The first-order valence-corrected chi connectivity index (χ1v) is 9.05. The van der Waals surface area contributed by atoms with Crippen LogP contribution in [0.15, 0.2) is 29.2 Å². The molecule has 0 bridgehead atoms. The van der Waals surface area contributed by atoms with E-state index in [-0.39, 0.29) is 56.3 Å². The minimum atomic E-state index is -4.09. The van der Waals surface area contributed by atoms with Gasteiger partial charge in [-0.1, -0.05) is 70.1 Å². The summed E-state index contributed by atoms with van der Waals surface area (Å²) in [4.78, 5) is 0.0583. The third-order valence-electron chi connectivity index (χ3n) is 3.55. The molecule has 0 atom stereocenters. The van der Waals surface area contributed by atoms with E-state index in [0.717, 1.165) is 18.4 Å². The van der Waals surface area contributed by atoms with Gasteiger partial charge in [-0.25, -0.2) is 0 Å². The van der Waals surface area contributed by atoms with Gasteiger partial charge in [-0.3, -0.25) is 4.55 Å². The van der Waals surface area contributed by atoms with Crippen molar-refractivity contribution in [3.8, 4) is 0 Å². The Kier molecular flexibility index (Phi) is 12.7. The Bertz CT molecular complexity index is 486. The van der Waals surface area contributed by atoms with Gasteiger partial charge in [0.1, 0.15) is 0 Å². The molecule has 0 aromatic heterocycles. The van der Waals surface area contributed by atoms with Crippen molar-refractivity contribution in [1.82, 2.24) is 0 Å². The Balaban J connectivity index is 0.00000400. The van der Waals surface area contributed by atoms with E-state index >= 15 is 0 Å². The number of aryl methyl sites for hydroxylation is 1. The first-order chi connectivity index (χ1) is 9.55. The third kappa shape index (κ3) is 9.49. The SMILES string of the molecule is CCCCCCCCCCc1ccccc1S(=O)(=O)O.[KH]. The Labute approximate surface area is 172 Å². The molecule has 0 amide bonds. The summed E-state index contributed by atoms with van der Waals surface area (Å²) in [6.45, 7) is 2.21. The van der Waals surface area contributed by atoms with Gasteiger partial charge in [-0.2, -0.15) is 8.42 Å². The summed E-state index contributed by atoms with van der Waals surface area (Å²) in [5.74, 6) is 0. The maximum atomic E-state index is 11.2. The molecule has 0 spiro atoms. The van der Waals surface area contributed by atoms with Crippen LogP contribution in [0.3, 0.4) is 0 Å². The minimum absolute atomic E-state index is 0. The molecule has 0 unspecified atom stereocenters. The molecular weight excluding hydrogens is 311 g/mol. The molecular formula is C16H27KO3S. The number of hydrogen-bond acceptors (Lipinski definition) is 2.